The summed E-state index contributed by atoms with van der Waals surface area (Å²) in [7, 11) is 4.20. The van der Waals surface area contributed by atoms with E-state index in [-0.39, 0.29) is 0 Å². The standard InChI is InChI=1S/C15H24N2/c1-11-6-5-7-14(11)16-13-9-8-12(2)15(10-13)17(3)4/h8-11,14,16H,5-7H2,1-4H3. The van der Waals surface area contributed by atoms with Crippen LogP contribution in [0.1, 0.15) is 31.7 Å². The molecule has 0 saturated heterocycles. The van der Waals surface area contributed by atoms with Crippen LogP contribution in [0.4, 0.5) is 11.4 Å². The van der Waals surface area contributed by atoms with Crippen LogP contribution in [-0.4, -0.2) is 20.1 Å². The molecule has 2 nitrogen and oxygen atoms in total. The zero-order chi connectivity index (χ0) is 12.4. The summed E-state index contributed by atoms with van der Waals surface area (Å²) < 4.78 is 0. The molecule has 0 bridgehead atoms. The number of aryl methyl sites for hydroxylation is 1. The molecule has 1 aromatic rings. The van der Waals surface area contributed by atoms with Gasteiger partial charge in [0, 0.05) is 31.5 Å². The Kier molecular flexibility index (Phi) is 3.60. The zero-order valence-corrected chi connectivity index (χ0v) is 11.5. The molecule has 1 N–H and O–H groups in total. The molecule has 2 unspecified atom stereocenters. The van der Waals surface area contributed by atoms with Crippen molar-refractivity contribution in [1.29, 1.82) is 0 Å². The molecule has 0 radical (unpaired) electrons. The second-order valence-electron chi connectivity index (χ2n) is 5.55. The first-order valence-electron chi connectivity index (χ1n) is 6.62. The van der Waals surface area contributed by atoms with E-state index in [0.29, 0.717) is 6.04 Å². The summed E-state index contributed by atoms with van der Waals surface area (Å²) in [5.74, 6) is 0.805. The molecule has 94 valence electrons. The summed E-state index contributed by atoms with van der Waals surface area (Å²) >= 11 is 0. The van der Waals surface area contributed by atoms with Gasteiger partial charge in [-0.25, -0.2) is 0 Å². The molecule has 1 aliphatic carbocycles. The molecule has 0 heterocycles. The zero-order valence-electron chi connectivity index (χ0n) is 11.5. The lowest BCUT2D eigenvalue weighted by Gasteiger charge is -2.21. The average Bonchev–Trinajstić information content (AvgIpc) is 2.67. The third-order valence-electron chi connectivity index (χ3n) is 3.90. The summed E-state index contributed by atoms with van der Waals surface area (Å²) in [4.78, 5) is 2.18. The minimum absolute atomic E-state index is 0.660. The van der Waals surface area contributed by atoms with Gasteiger partial charge in [0.2, 0.25) is 0 Å². The highest BCUT2D eigenvalue weighted by Gasteiger charge is 2.22. The van der Waals surface area contributed by atoms with Crippen molar-refractivity contribution in [2.45, 2.75) is 39.2 Å². The molecule has 1 aromatic carbocycles. The highest BCUT2D eigenvalue weighted by molar-refractivity contribution is 5.62. The van der Waals surface area contributed by atoms with Crippen LogP contribution in [0.3, 0.4) is 0 Å². The van der Waals surface area contributed by atoms with Gasteiger partial charge in [0.15, 0.2) is 0 Å². The molecule has 2 rings (SSSR count). The van der Waals surface area contributed by atoms with Crippen LogP contribution in [0.25, 0.3) is 0 Å². The molecule has 0 amide bonds. The number of hydrogen-bond acceptors (Lipinski definition) is 2. The number of anilines is 2. The molecular formula is C15H24N2. The van der Waals surface area contributed by atoms with E-state index in [4.69, 9.17) is 0 Å². The number of nitrogens with one attached hydrogen (secondary N) is 1. The van der Waals surface area contributed by atoms with Gasteiger partial charge in [-0.05, 0) is 43.4 Å². The first-order chi connectivity index (χ1) is 8.08. The number of hydrogen-bond donors (Lipinski definition) is 1. The Morgan fingerprint density at radius 2 is 2.00 bits per heavy atom. The Balaban J connectivity index is 2.13. The number of nitrogens with zero attached hydrogens (tertiary/aromatic N) is 1. The molecule has 0 aromatic heterocycles. The van der Waals surface area contributed by atoms with Gasteiger partial charge in [-0.3, -0.25) is 0 Å². The maximum Gasteiger partial charge on any atom is 0.0411 e. The fourth-order valence-corrected chi connectivity index (χ4v) is 2.75. The maximum atomic E-state index is 3.69. The Hall–Kier alpha value is -1.18. The highest BCUT2D eigenvalue weighted by atomic mass is 15.1. The van der Waals surface area contributed by atoms with E-state index in [0.717, 1.165) is 5.92 Å². The molecular weight excluding hydrogens is 208 g/mol. The van der Waals surface area contributed by atoms with Crippen LogP contribution in [0.5, 0.6) is 0 Å². The molecule has 17 heavy (non-hydrogen) atoms. The van der Waals surface area contributed by atoms with Crippen LogP contribution in [0.15, 0.2) is 18.2 Å². The van der Waals surface area contributed by atoms with Gasteiger partial charge in [0.05, 0.1) is 0 Å². The van der Waals surface area contributed by atoms with E-state index in [2.05, 4.69) is 56.4 Å². The Morgan fingerprint density at radius 3 is 2.59 bits per heavy atom. The van der Waals surface area contributed by atoms with Crippen molar-refractivity contribution in [3.05, 3.63) is 23.8 Å². The van der Waals surface area contributed by atoms with Gasteiger partial charge < -0.3 is 10.2 Å². The van der Waals surface area contributed by atoms with Gasteiger partial charge in [-0.2, -0.15) is 0 Å². The van der Waals surface area contributed by atoms with Crippen molar-refractivity contribution in [3.63, 3.8) is 0 Å². The fourth-order valence-electron chi connectivity index (χ4n) is 2.75. The van der Waals surface area contributed by atoms with Crippen molar-refractivity contribution in [3.8, 4) is 0 Å². The molecule has 1 fully saturated rings. The molecule has 0 spiro atoms. The Labute approximate surface area is 105 Å². The van der Waals surface area contributed by atoms with E-state index in [1.807, 2.05) is 0 Å². The minimum Gasteiger partial charge on any atom is -0.382 e. The smallest absolute Gasteiger partial charge is 0.0411 e. The summed E-state index contributed by atoms with van der Waals surface area (Å²) in [6.07, 6.45) is 4.04. The molecule has 0 aliphatic heterocycles. The van der Waals surface area contributed by atoms with Crippen molar-refractivity contribution >= 4 is 11.4 Å². The van der Waals surface area contributed by atoms with Crippen LogP contribution >= 0.6 is 0 Å². The minimum atomic E-state index is 0.660. The number of benzene rings is 1. The Bertz CT molecular complexity index is 385. The monoisotopic (exact) mass is 232 g/mol. The lowest BCUT2D eigenvalue weighted by molar-refractivity contribution is 0.556. The summed E-state index contributed by atoms with van der Waals surface area (Å²) in [6, 6.07) is 7.33. The quantitative estimate of drug-likeness (QED) is 0.855. The lowest BCUT2D eigenvalue weighted by atomic mass is 10.1. The highest BCUT2D eigenvalue weighted by Crippen LogP contribution is 2.29. The predicted octanol–water partition coefficient (Wildman–Crippen LogP) is 3.66. The van der Waals surface area contributed by atoms with Crippen LogP contribution < -0.4 is 10.2 Å². The molecule has 2 heteroatoms. The van der Waals surface area contributed by atoms with Crippen molar-refractivity contribution in [1.82, 2.24) is 0 Å². The summed E-state index contributed by atoms with van der Waals surface area (Å²) in [5.41, 5.74) is 3.90. The van der Waals surface area contributed by atoms with E-state index in [1.165, 1.54) is 36.2 Å². The SMILES string of the molecule is Cc1ccc(NC2CCCC2C)cc1N(C)C. The van der Waals surface area contributed by atoms with Gasteiger partial charge >= 0.3 is 0 Å². The van der Waals surface area contributed by atoms with E-state index < -0.39 is 0 Å². The third kappa shape index (κ3) is 2.74. The van der Waals surface area contributed by atoms with Crippen molar-refractivity contribution in [2.24, 2.45) is 5.92 Å². The van der Waals surface area contributed by atoms with Gasteiger partial charge in [0.25, 0.3) is 0 Å². The molecule has 1 aliphatic rings. The lowest BCUT2D eigenvalue weighted by Crippen LogP contribution is -2.22. The average molecular weight is 232 g/mol. The van der Waals surface area contributed by atoms with Gasteiger partial charge in [0.1, 0.15) is 0 Å². The first kappa shape index (κ1) is 12.3. The topological polar surface area (TPSA) is 15.3 Å². The first-order valence-corrected chi connectivity index (χ1v) is 6.62. The van der Waals surface area contributed by atoms with Crippen LogP contribution in [0.2, 0.25) is 0 Å². The number of rotatable bonds is 3. The largest absolute Gasteiger partial charge is 0.382 e. The maximum absolute atomic E-state index is 3.69. The van der Waals surface area contributed by atoms with Crippen LogP contribution in [0, 0.1) is 12.8 Å². The van der Waals surface area contributed by atoms with E-state index in [1.54, 1.807) is 0 Å². The normalized spacial score (nSPS) is 23.8. The van der Waals surface area contributed by atoms with Gasteiger partial charge in [-0.1, -0.05) is 19.4 Å². The molecule has 1 saturated carbocycles. The van der Waals surface area contributed by atoms with E-state index >= 15 is 0 Å². The fraction of sp³-hybridized carbons (Fsp3) is 0.600. The molecule has 2 atom stereocenters. The van der Waals surface area contributed by atoms with Crippen molar-refractivity contribution < 1.29 is 0 Å². The Morgan fingerprint density at radius 1 is 1.24 bits per heavy atom. The second kappa shape index (κ2) is 4.99. The van der Waals surface area contributed by atoms with E-state index in [9.17, 15) is 0 Å². The predicted molar refractivity (Wildman–Crippen MR) is 75.9 cm³/mol. The van der Waals surface area contributed by atoms with Crippen molar-refractivity contribution in [2.75, 3.05) is 24.3 Å². The van der Waals surface area contributed by atoms with Crippen LogP contribution in [-0.2, 0) is 0 Å². The van der Waals surface area contributed by atoms with Gasteiger partial charge in [-0.15, -0.1) is 0 Å². The third-order valence-corrected chi connectivity index (χ3v) is 3.90. The summed E-state index contributed by atoms with van der Waals surface area (Å²) in [6.45, 7) is 4.52. The second-order valence-corrected chi connectivity index (χ2v) is 5.55. The summed E-state index contributed by atoms with van der Waals surface area (Å²) in [5, 5.41) is 3.69.